The highest BCUT2D eigenvalue weighted by atomic mass is 19.1. The zero-order chi connectivity index (χ0) is 17.2. The summed E-state index contributed by atoms with van der Waals surface area (Å²) in [7, 11) is 0. The maximum Gasteiger partial charge on any atom is 0.199 e. The number of halogens is 1. The molecule has 24 heavy (non-hydrogen) atoms. The Morgan fingerprint density at radius 3 is 2.38 bits per heavy atom. The summed E-state index contributed by atoms with van der Waals surface area (Å²) in [4.78, 5) is 0. The molecule has 0 aliphatic heterocycles. The van der Waals surface area contributed by atoms with Crippen molar-refractivity contribution >= 4 is 0 Å². The first kappa shape index (κ1) is 19.2. The fourth-order valence-electron chi connectivity index (χ4n) is 4.15. The molecule has 2 aliphatic carbocycles. The fraction of sp³-hybridized carbons (Fsp3) is 0.762. The van der Waals surface area contributed by atoms with Gasteiger partial charge in [-0.15, -0.1) is 0 Å². The summed E-state index contributed by atoms with van der Waals surface area (Å²) in [6, 6.07) is 1.49. The molecule has 134 valence electrons. The Bertz CT molecular complexity index is 449. The molecule has 0 heterocycles. The molecule has 0 amide bonds. The van der Waals surface area contributed by atoms with Gasteiger partial charge in [0.1, 0.15) is 6.07 Å². The molecule has 0 N–H and O–H groups in total. The largest absolute Gasteiger partial charge is 0.378 e. The van der Waals surface area contributed by atoms with Gasteiger partial charge in [0.05, 0.1) is 6.10 Å². The number of allylic oxidation sites excluding steroid dienone is 4. The third-order valence-electron chi connectivity index (χ3n) is 5.68. The van der Waals surface area contributed by atoms with Crippen LogP contribution in [0.1, 0.15) is 71.1 Å². The van der Waals surface area contributed by atoms with Crippen LogP contribution in [-0.4, -0.2) is 12.7 Å². The van der Waals surface area contributed by atoms with Gasteiger partial charge in [0, 0.05) is 6.61 Å². The molecule has 2 fully saturated rings. The van der Waals surface area contributed by atoms with Crippen LogP contribution in [0.4, 0.5) is 4.39 Å². The number of hydrogen-bond acceptors (Lipinski definition) is 2. The lowest BCUT2D eigenvalue weighted by atomic mass is 9.80. The zero-order valence-electron chi connectivity index (χ0n) is 15.1. The molecule has 0 aromatic rings. The number of hydrogen-bond donors (Lipinski definition) is 0. The molecule has 2 aliphatic rings. The van der Waals surface area contributed by atoms with Crippen LogP contribution in [0.25, 0.3) is 0 Å². The molecule has 0 bridgehead atoms. The molecule has 0 atom stereocenters. The third-order valence-corrected chi connectivity index (χ3v) is 5.68. The van der Waals surface area contributed by atoms with E-state index in [-0.39, 0.29) is 0 Å². The molecule has 0 saturated heterocycles. The summed E-state index contributed by atoms with van der Waals surface area (Å²) in [5, 5.41) is 8.37. The lowest BCUT2D eigenvalue weighted by Crippen LogP contribution is -2.25. The highest BCUT2D eigenvalue weighted by molar-refractivity contribution is 5.19. The van der Waals surface area contributed by atoms with Crippen LogP contribution in [0, 0.1) is 29.1 Å². The van der Waals surface area contributed by atoms with Crippen molar-refractivity contribution in [2.45, 2.75) is 77.2 Å². The first-order chi connectivity index (χ1) is 11.7. The molecular weight excluding hydrogens is 301 g/mol. The van der Waals surface area contributed by atoms with Gasteiger partial charge in [-0.3, -0.25) is 0 Å². The second-order valence-electron chi connectivity index (χ2n) is 7.56. The van der Waals surface area contributed by atoms with E-state index in [2.05, 4.69) is 6.92 Å². The van der Waals surface area contributed by atoms with Crippen LogP contribution in [0.5, 0.6) is 0 Å². The minimum atomic E-state index is -0.725. The molecule has 2 rings (SSSR count). The molecular formula is C21H32FNO. The number of ether oxygens (including phenoxy) is 1. The molecule has 2 saturated carbocycles. The second-order valence-corrected chi connectivity index (χ2v) is 7.56. The normalized spacial score (nSPS) is 32.0. The van der Waals surface area contributed by atoms with Gasteiger partial charge in [0.25, 0.3) is 0 Å². The van der Waals surface area contributed by atoms with E-state index in [4.69, 9.17) is 10.00 Å². The van der Waals surface area contributed by atoms with E-state index < -0.39 is 5.83 Å². The van der Waals surface area contributed by atoms with Crippen molar-refractivity contribution in [3.8, 4) is 6.07 Å². The molecule has 0 spiro atoms. The van der Waals surface area contributed by atoms with Crippen molar-refractivity contribution < 1.29 is 9.13 Å². The average Bonchev–Trinajstić information content (AvgIpc) is 2.62. The maximum absolute atomic E-state index is 12.7. The van der Waals surface area contributed by atoms with E-state index >= 15 is 0 Å². The van der Waals surface area contributed by atoms with E-state index in [1.807, 2.05) is 6.08 Å². The highest BCUT2D eigenvalue weighted by Crippen LogP contribution is 2.33. The molecule has 0 aromatic carbocycles. The van der Waals surface area contributed by atoms with E-state index in [0.29, 0.717) is 12.0 Å². The van der Waals surface area contributed by atoms with Crippen LogP contribution >= 0.6 is 0 Å². The van der Waals surface area contributed by atoms with Crippen molar-refractivity contribution in [2.24, 2.45) is 17.8 Å². The maximum atomic E-state index is 12.7. The first-order valence-corrected chi connectivity index (χ1v) is 9.77. The van der Waals surface area contributed by atoms with Crippen molar-refractivity contribution in [1.29, 1.82) is 5.26 Å². The second kappa shape index (κ2) is 10.7. The number of nitrogens with zero attached hydrogens (tertiary/aromatic N) is 1. The van der Waals surface area contributed by atoms with Crippen LogP contribution in [0.15, 0.2) is 24.1 Å². The quantitative estimate of drug-likeness (QED) is 0.416. The SMILES string of the molecule is CCC[C@H]1CC[C@H](CO[C@H]2CC[C@H](/C=C/C=C(\F)C#N)CC2)CC1. The molecule has 0 radical (unpaired) electrons. The number of nitriles is 1. The Balaban J connectivity index is 1.59. The summed E-state index contributed by atoms with van der Waals surface area (Å²) < 4.78 is 18.9. The Morgan fingerprint density at radius 1 is 1.08 bits per heavy atom. The lowest BCUT2D eigenvalue weighted by molar-refractivity contribution is -0.00659. The van der Waals surface area contributed by atoms with E-state index in [1.54, 1.807) is 6.08 Å². The summed E-state index contributed by atoms with van der Waals surface area (Å²) in [5.41, 5.74) is 0. The van der Waals surface area contributed by atoms with Gasteiger partial charge in [-0.2, -0.15) is 9.65 Å². The third kappa shape index (κ3) is 6.77. The van der Waals surface area contributed by atoms with Gasteiger partial charge in [0.2, 0.25) is 0 Å². The van der Waals surface area contributed by atoms with Gasteiger partial charge >= 0.3 is 0 Å². The Labute approximate surface area is 146 Å². The van der Waals surface area contributed by atoms with Gasteiger partial charge in [-0.1, -0.05) is 44.8 Å². The monoisotopic (exact) mass is 333 g/mol. The Kier molecular flexibility index (Phi) is 8.53. The zero-order valence-corrected chi connectivity index (χ0v) is 15.1. The average molecular weight is 333 g/mol. The van der Waals surface area contributed by atoms with Gasteiger partial charge in [0.15, 0.2) is 5.83 Å². The Morgan fingerprint density at radius 2 is 1.75 bits per heavy atom. The summed E-state index contributed by atoms with van der Waals surface area (Å²) >= 11 is 0. The number of rotatable bonds is 7. The van der Waals surface area contributed by atoms with Crippen LogP contribution in [0.3, 0.4) is 0 Å². The minimum Gasteiger partial charge on any atom is -0.378 e. The molecule has 0 aromatic heterocycles. The summed E-state index contributed by atoms with van der Waals surface area (Å²) in [6.45, 7) is 3.23. The molecule has 2 nitrogen and oxygen atoms in total. The van der Waals surface area contributed by atoms with Crippen molar-refractivity contribution in [3.63, 3.8) is 0 Å². The van der Waals surface area contributed by atoms with Crippen molar-refractivity contribution in [1.82, 2.24) is 0 Å². The smallest absolute Gasteiger partial charge is 0.199 e. The highest BCUT2D eigenvalue weighted by Gasteiger charge is 2.24. The predicted octanol–water partition coefficient (Wildman–Crippen LogP) is 6.10. The summed E-state index contributed by atoms with van der Waals surface area (Å²) in [6.07, 6.45) is 18.0. The topological polar surface area (TPSA) is 33.0 Å². The van der Waals surface area contributed by atoms with Gasteiger partial charge in [-0.05, 0) is 62.4 Å². The van der Waals surface area contributed by atoms with Gasteiger partial charge < -0.3 is 4.74 Å². The van der Waals surface area contributed by atoms with E-state index in [0.717, 1.165) is 44.1 Å². The van der Waals surface area contributed by atoms with Crippen LogP contribution in [0.2, 0.25) is 0 Å². The van der Waals surface area contributed by atoms with Crippen molar-refractivity contribution in [2.75, 3.05) is 6.61 Å². The van der Waals surface area contributed by atoms with Crippen molar-refractivity contribution in [3.05, 3.63) is 24.1 Å². The van der Waals surface area contributed by atoms with E-state index in [1.165, 1.54) is 50.7 Å². The van der Waals surface area contributed by atoms with Gasteiger partial charge in [-0.25, -0.2) is 0 Å². The first-order valence-electron chi connectivity index (χ1n) is 9.77. The van der Waals surface area contributed by atoms with Crippen LogP contribution in [-0.2, 0) is 4.74 Å². The summed E-state index contributed by atoms with van der Waals surface area (Å²) in [5.74, 6) is 1.51. The van der Waals surface area contributed by atoms with E-state index in [9.17, 15) is 4.39 Å². The predicted molar refractivity (Wildman–Crippen MR) is 96.0 cm³/mol. The fourth-order valence-corrected chi connectivity index (χ4v) is 4.15. The standard InChI is InChI=1S/C21H32FNO/c1-2-4-17-7-9-19(10-8-17)16-24-21-13-11-18(12-14-21)5-3-6-20(22)15-23/h3,5-6,17-19,21H,2,4,7-14,16H2,1H3/b5-3+,20-6-/t17-,18-,19-,21-. The minimum absolute atomic E-state index is 0.411. The van der Waals surface area contributed by atoms with Crippen LogP contribution < -0.4 is 0 Å². The molecule has 3 heteroatoms. The Hall–Kier alpha value is -1.14. The molecule has 0 unspecified atom stereocenters. The lowest BCUT2D eigenvalue weighted by Gasteiger charge is -2.31.